The molecule has 0 heterocycles. The van der Waals surface area contributed by atoms with Gasteiger partial charge in [0.25, 0.3) is 0 Å². The monoisotopic (exact) mass is 1090 g/mol. The van der Waals surface area contributed by atoms with Crippen molar-refractivity contribution in [3.05, 3.63) is 48.6 Å². The van der Waals surface area contributed by atoms with Crippen molar-refractivity contribution >= 4 is 11.9 Å². The molecule has 2 atom stereocenters. The quantitative estimate of drug-likeness (QED) is 0.0320. The zero-order chi connectivity index (χ0) is 56.4. The Morgan fingerprint density at radius 3 is 1.01 bits per heavy atom. The van der Waals surface area contributed by atoms with Gasteiger partial charge in [0.15, 0.2) is 0 Å². The average molecular weight is 1090 g/mol. The van der Waals surface area contributed by atoms with E-state index in [1.165, 1.54) is 295 Å². The van der Waals surface area contributed by atoms with E-state index < -0.39 is 12.1 Å². The van der Waals surface area contributed by atoms with Crippen LogP contribution in [0.1, 0.15) is 373 Å². The second kappa shape index (κ2) is 67.3. The fraction of sp³-hybridized carbons (Fsp3) is 0.861. The van der Waals surface area contributed by atoms with Crippen molar-refractivity contribution in [3.63, 3.8) is 0 Å². The summed E-state index contributed by atoms with van der Waals surface area (Å²) in [6, 6.07) is -0.623. The lowest BCUT2D eigenvalue weighted by Gasteiger charge is -2.20. The number of carbonyl (C=O) groups is 2. The molecule has 0 aliphatic heterocycles. The normalized spacial score (nSPS) is 12.8. The van der Waals surface area contributed by atoms with Gasteiger partial charge >= 0.3 is 5.97 Å². The number of aliphatic hydroxyl groups is 2. The second-order valence-corrected chi connectivity index (χ2v) is 23.9. The number of aliphatic hydroxyl groups excluding tert-OH is 2. The molecule has 2 unspecified atom stereocenters. The maximum Gasteiger partial charge on any atom is 0.305 e. The topological polar surface area (TPSA) is 95.9 Å². The smallest absolute Gasteiger partial charge is 0.305 e. The Hall–Kier alpha value is -2.18. The summed E-state index contributed by atoms with van der Waals surface area (Å²) < 4.78 is 5.50. The van der Waals surface area contributed by atoms with Crippen LogP contribution >= 0.6 is 0 Å². The van der Waals surface area contributed by atoms with E-state index in [1.807, 2.05) is 6.08 Å². The lowest BCUT2D eigenvalue weighted by atomic mass is 10.0. The van der Waals surface area contributed by atoms with Crippen molar-refractivity contribution in [2.45, 2.75) is 386 Å². The summed E-state index contributed by atoms with van der Waals surface area (Å²) in [4.78, 5) is 24.5. The molecule has 1 amide bonds. The lowest BCUT2D eigenvalue weighted by molar-refractivity contribution is -0.143. The van der Waals surface area contributed by atoms with Crippen molar-refractivity contribution in [1.82, 2.24) is 5.32 Å². The Morgan fingerprint density at radius 2 is 0.641 bits per heavy atom. The van der Waals surface area contributed by atoms with Gasteiger partial charge in [-0.3, -0.25) is 9.59 Å². The molecule has 0 bridgehead atoms. The molecule has 458 valence electrons. The van der Waals surface area contributed by atoms with Gasteiger partial charge in [0, 0.05) is 12.8 Å². The van der Waals surface area contributed by atoms with E-state index in [1.54, 1.807) is 6.08 Å². The van der Waals surface area contributed by atoms with Crippen molar-refractivity contribution in [2.24, 2.45) is 0 Å². The Kier molecular flexibility index (Phi) is 65.4. The second-order valence-electron chi connectivity index (χ2n) is 23.9. The highest BCUT2D eigenvalue weighted by Crippen LogP contribution is 2.18. The van der Waals surface area contributed by atoms with Gasteiger partial charge in [-0.25, -0.2) is 0 Å². The molecular formula is C72H135NO5. The number of carbonyl (C=O) groups excluding carboxylic acids is 2. The highest BCUT2D eigenvalue weighted by atomic mass is 16.5. The first kappa shape index (κ1) is 75.8. The summed E-state index contributed by atoms with van der Waals surface area (Å²) >= 11 is 0. The van der Waals surface area contributed by atoms with Gasteiger partial charge in [-0.15, -0.1) is 0 Å². The molecule has 0 saturated heterocycles. The molecule has 0 saturated carbocycles. The maximum atomic E-state index is 12.4. The molecule has 0 aromatic carbocycles. The van der Waals surface area contributed by atoms with E-state index in [9.17, 15) is 19.8 Å². The predicted octanol–water partition coefficient (Wildman–Crippen LogP) is 22.5. The van der Waals surface area contributed by atoms with Crippen molar-refractivity contribution in [2.75, 3.05) is 13.2 Å². The van der Waals surface area contributed by atoms with Crippen LogP contribution in [0.25, 0.3) is 0 Å². The van der Waals surface area contributed by atoms with E-state index in [0.717, 1.165) is 51.4 Å². The first-order valence-corrected chi connectivity index (χ1v) is 34.9. The third kappa shape index (κ3) is 63.0. The van der Waals surface area contributed by atoms with Gasteiger partial charge < -0.3 is 20.3 Å². The molecule has 0 rings (SSSR count). The molecule has 0 aromatic rings. The zero-order valence-corrected chi connectivity index (χ0v) is 52.4. The van der Waals surface area contributed by atoms with Gasteiger partial charge in [-0.1, -0.05) is 319 Å². The number of amides is 1. The minimum absolute atomic E-state index is 0.0121. The molecular weight excluding hydrogens is 959 g/mol. The van der Waals surface area contributed by atoms with Crippen LogP contribution in [0.2, 0.25) is 0 Å². The van der Waals surface area contributed by atoms with Crippen LogP contribution in [-0.4, -0.2) is 47.4 Å². The van der Waals surface area contributed by atoms with E-state index in [-0.39, 0.29) is 18.5 Å². The average Bonchev–Trinajstić information content (AvgIpc) is 3.44. The van der Waals surface area contributed by atoms with Crippen molar-refractivity contribution in [3.8, 4) is 0 Å². The molecule has 0 aromatic heterocycles. The number of unbranched alkanes of at least 4 members (excludes halogenated alkanes) is 48. The number of esters is 1. The van der Waals surface area contributed by atoms with Crippen LogP contribution in [0.5, 0.6) is 0 Å². The molecule has 0 radical (unpaired) electrons. The van der Waals surface area contributed by atoms with E-state index in [0.29, 0.717) is 19.4 Å². The van der Waals surface area contributed by atoms with Crippen LogP contribution in [0.3, 0.4) is 0 Å². The number of allylic oxidation sites excluding steroid dienone is 7. The molecule has 78 heavy (non-hydrogen) atoms. The molecule has 0 fully saturated rings. The first-order valence-electron chi connectivity index (χ1n) is 34.9. The largest absolute Gasteiger partial charge is 0.466 e. The fourth-order valence-electron chi connectivity index (χ4n) is 10.7. The van der Waals surface area contributed by atoms with Crippen LogP contribution in [-0.2, 0) is 14.3 Å². The molecule has 0 spiro atoms. The standard InChI is InChI=1S/C72H135NO5/c1-3-5-7-9-11-13-14-15-16-36-40-43-46-50-54-58-62-66-72(77)78-67-63-59-55-51-47-44-41-38-35-33-31-29-27-25-23-21-19-17-18-20-22-24-26-28-30-32-34-37-39-42-45-49-53-57-61-65-71(76)73-69(68-74)70(75)64-60-56-52-48-12-10-8-6-4-2/h11,13,15-16,19,21,60,64,69-70,74-75H,3-10,12,14,17-18,20,22-59,61-63,65-68H2,1-2H3,(H,73,76)/b13-11-,16-15-,21-19-,64-60+. The lowest BCUT2D eigenvalue weighted by Crippen LogP contribution is -2.45. The number of ether oxygens (including phenoxy) is 1. The summed E-state index contributed by atoms with van der Waals surface area (Å²) in [7, 11) is 0. The van der Waals surface area contributed by atoms with Gasteiger partial charge in [0.1, 0.15) is 0 Å². The first-order chi connectivity index (χ1) is 38.5. The molecule has 3 N–H and O–H groups in total. The Morgan fingerprint density at radius 1 is 0.359 bits per heavy atom. The Bertz CT molecular complexity index is 1310. The molecule has 0 aliphatic rings. The SMILES string of the molecule is CCCCC/C=C\C/C=C\CCCCCCCCCC(=O)OCCCCCCCCCCCCCCCC/C=C\CCCCCCCCCCCCCCCCCCCC(=O)NC(CO)C(O)/C=C/CCCCCCCCC. The summed E-state index contributed by atoms with van der Waals surface area (Å²) in [5.41, 5.74) is 0. The third-order valence-corrected chi connectivity index (χ3v) is 16.1. The molecule has 0 aliphatic carbocycles. The number of nitrogens with one attached hydrogen (secondary N) is 1. The highest BCUT2D eigenvalue weighted by Gasteiger charge is 2.18. The number of rotatable bonds is 65. The summed E-state index contributed by atoms with van der Waals surface area (Å²) in [6.07, 6.45) is 87.8. The zero-order valence-electron chi connectivity index (χ0n) is 52.4. The predicted molar refractivity (Wildman–Crippen MR) is 342 cm³/mol. The Balaban J connectivity index is 3.32. The van der Waals surface area contributed by atoms with Crippen LogP contribution in [0.15, 0.2) is 48.6 Å². The minimum Gasteiger partial charge on any atom is -0.466 e. The van der Waals surface area contributed by atoms with Crippen LogP contribution in [0, 0.1) is 0 Å². The highest BCUT2D eigenvalue weighted by molar-refractivity contribution is 5.76. The van der Waals surface area contributed by atoms with Crippen molar-refractivity contribution in [1.29, 1.82) is 0 Å². The minimum atomic E-state index is -0.840. The van der Waals surface area contributed by atoms with E-state index >= 15 is 0 Å². The van der Waals surface area contributed by atoms with Gasteiger partial charge in [0.05, 0.1) is 25.4 Å². The third-order valence-electron chi connectivity index (χ3n) is 16.1. The number of hydrogen-bond donors (Lipinski definition) is 3. The summed E-state index contributed by atoms with van der Waals surface area (Å²) in [6.45, 7) is 4.87. The van der Waals surface area contributed by atoms with Gasteiger partial charge in [-0.05, 0) is 89.9 Å². The molecule has 6 nitrogen and oxygen atoms in total. The van der Waals surface area contributed by atoms with Crippen molar-refractivity contribution < 1.29 is 24.5 Å². The number of hydrogen-bond acceptors (Lipinski definition) is 5. The van der Waals surface area contributed by atoms with E-state index in [4.69, 9.17) is 4.74 Å². The van der Waals surface area contributed by atoms with Gasteiger partial charge in [0.2, 0.25) is 5.91 Å². The maximum absolute atomic E-state index is 12.4. The fourth-order valence-corrected chi connectivity index (χ4v) is 10.7. The van der Waals surface area contributed by atoms with Crippen LogP contribution < -0.4 is 5.32 Å². The summed E-state index contributed by atoms with van der Waals surface area (Å²) in [5, 5.41) is 23.0. The van der Waals surface area contributed by atoms with E-state index in [2.05, 4.69) is 55.6 Å². The Labute approximate surface area is 486 Å². The van der Waals surface area contributed by atoms with Crippen LogP contribution in [0.4, 0.5) is 0 Å². The summed E-state index contributed by atoms with van der Waals surface area (Å²) in [5.74, 6) is -0.0542. The molecule has 6 heteroatoms. The van der Waals surface area contributed by atoms with Gasteiger partial charge in [-0.2, -0.15) is 0 Å².